The Morgan fingerprint density at radius 3 is 2.79 bits per heavy atom. The van der Waals surface area contributed by atoms with Crippen LogP contribution in [-0.4, -0.2) is 28.2 Å². The number of carbonyl (C=O) groups is 2. The van der Waals surface area contributed by atoms with Crippen molar-refractivity contribution in [1.82, 2.24) is 15.2 Å². The molecule has 1 aliphatic carbocycles. The summed E-state index contributed by atoms with van der Waals surface area (Å²) in [7, 11) is 0. The maximum Gasteiger partial charge on any atom is 0.273 e. The lowest BCUT2D eigenvalue weighted by atomic mass is 9.87. The zero-order chi connectivity index (χ0) is 26.1. The van der Waals surface area contributed by atoms with Crippen LogP contribution in [0.5, 0.6) is 5.75 Å². The molecule has 2 aliphatic rings. The lowest BCUT2D eigenvalue weighted by Gasteiger charge is -2.38. The van der Waals surface area contributed by atoms with Gasteiger partial charge in [0.1, 0.15) is 23.6 Å². The molecule has 2 aromatic carbocycles. The smallest absolute Gasteiger partial charge is 0.273 e. The molecule has 194 valence electrons. The van der Waals surface area contributed by atoms with Gasteiger partial charge in [-0.2, -0.15) is 0 Å². The highest BCUT2D eigenvalue weighted by atomic mass is 19.1. The number of fused-ring (bicyclic) bond motifs is 1. The van der Waals surface area contributed by atoms with E-state index in [2.05, 4.69) is 10.3 Å². The Balaban J connectivity index is 1.18. The molecule has 1 aliphatic heterocycles. The number of nitrogens with zero attached hydrogens (tertiary/aromatic N) is 2. The van der Waals surface area contributed by atoms with E-state index in [0.29, 0.717) is 18.1 Å². The molecule has 6 rings (SSSR count). The molecule has 2 aromatic heterocycles. The molecule has 9 heteroatoms. The van der Waals surface area contributed by atoms with Crippen molar-refractivity contribution in [3.8, 4) is 5.75 Å². The van der Waals surface area contributed by atoms with E-state index in [4.69, 9.17) is 13.6 Å². The van der Waals surface area contributed by atoms with E-state index in [9.17, 15) is 14.0 Å². The largest absolute Gasteiger partial charge is 0.484 e. The van der Waals surface area contributed by atoms with E-state index < -0.39 is 6.04 Å². The van der Waals surface area contributed by atoms with Crippen LogP contribution >= 0.6 is 0 Å². The molecule has 0 spiro atoms. The first-order chi connectivity index (χ1) is 18.5. The highest BCUT2D eigenvalue weighted by Gasteiger charge is 2.39. The maximum atomic E-state index is 14.2. The summed E-state index contributed by atoms with van der Waals surface area (Å²) in [5, 5.41) is 2.72. The van der Waals surface area contributed by atoms with Crippen molar-refractivity contribution >= 4 is 11.8 Å². The fourth-order valence-electron chi connectivity index (χ4n) is 4.82. The average Bonchev–Trinajstić information content (AvgIpc) is 3.44. The molecule has 8 nitrogen and oxygen atoms in total. The minimum Gasteiger partial charge on any atom is -0.484 e. The monoisotopic (exact) mass is 515 g/mol. The standard InChI is InChI=1S/C29H26FN3O5/c30-21-4-1-3-20(13-21)27-24-14-22(9-8-18(24)10-11-33(27)29(35)19-6-7-19)37-17-26-32-25(16-38-26)28(34)31-15-23-5-2-12-36-23/h1-5,8-9,12-14,16,19,27H,6-7,10-11,15,17H2,(H,31,34). The van der Waals surface area contributed by atoms with Crippen molar-refractivity contribution in [3.05, 3.63) is 107 Å². The first-order valence-corrected chi connectivity index (χ1v) is 12.6. The number of ether oxygens (including phenoxy) is 1. The summed E-state index contributed by atoms with van der Waals surface area (Å²) in [4.78, 5) is 31.6. The first-order valence-electron chi connectivity index (χ1n) is 12.6. The molecule has 1 saturated carbocycles. The molecule has 0 bridgehead atoms. The molecule has 38 heavy (non-hydrogen) atoms. The lowest BCUT2D eigenvalue weighted by Crippen LogP contribution is -2.41. The van der Waals surface area contributed by atoms with Crippen molar-refractivity contribution < 1.29 is 27.6 Å². The topological polar surface area (TPSA) is 97.8 Å². The summed E-state index contributed by atoms with van der Waals surface area (Å²) in [5.74, 6) is 0.895. The third kappa shape index (κ3) is 5.04. The summed E-state index contributed by atoms with van der Waals surface area (Å²) < 4.78 is 30.8. The Morgan fingerprint density at radius 1 is 1.11 bits per heavy atom. The van der Waals surface area contributed by atoms with Crippen LogP contribution in [0.3, 0.4) is 0 Å². The predicted molar refractivity (Wildman–Crippen MR) is 134 cm³/mol. The Kier molecular flexibility index (Phi) is 6.41. The first kappa shape index (κ1) is 24.0. The van der Waals surface area contributed by atoms with Crippen molar-refractivity contribution in [3.63, 3.8) is 0 Å². The Labute approximate surface area is 218 Å². The van der Waals surface area contributed by atoms with Gasteiger partial charge in [0, 0.05) is 12.5 Å². The second-order valence-corrected chi connectivity index (χ2v) is 9.55. The number of benzene rings is 2. The van der Waals surface area contributed by atoms with Gasteiger partial charge in [0.05, 0.1) is 18.8 Å². The second kappa shape index (κ2) is 10.2. The number of nitrogens with one attached hydrogen (secondary N) is 1. The van der Waals surface area contributed by atoms with E-state index in [0.717, 1.165) is 36.0 Å². The normalized spacial score (nSPS) is 16.7. The molecule has 0 radical (unpaired) electrons. The van der Waals surface area contributed by atoms with Gasteiger partial charge < -0.3 is 23.8 Å². The van der Waals surface area contributed by atoms with Gasteiger partial charge in [-0.05, 0) is 72.4 Å². The third-order valence-corrected chi connectivity index (χ3v) is 6.87. The number of carbonyl (C=O) groups excluding carboxylic acids is 2. The fourth-order valence-corrected chi connectivity index (χ4v) is 4.82. The highest BCUT2D eigenvalue weighted by Crippen LogP contribution is 2.41. The van der Waals surface area contributed by atoms with Gasteiger partial charge in [-0.25, -0.2) is 9.37 Å². The molecule has 0 saturated heterocycles. The van der Waals surface area contributed by atoms with Crippen LogP contribution in [-0.2, 0) is 24.4 Å². The van der Waals surface area contributed by atoms with Crippen LogP contribution in [0.2, 0.25) is 0 Å². The fraction of sp³-hybridized carbons (Fsp3) is 0.276. The number of amides is 2. The van der Waals surface area contributed by atoms with Gasteiger partial charge in [-0.3, -0.25) is 9.59 Å². The molecule has 1 unspecified atom stereocenters. The Hall–Kier alpha value is -4.40. The van der Waals surface area contributed by atoms with Crippen LogP contribution < -0.4 is 10.1 Å². The molecule has 1 fully saturated rings. The van der Waals surface area contributed by atoms with E-state index in [1.807, 2.05) is 29.2 Å². The van der Waals surface area contributed by atoms with Crippen LogP contribution in [0.4, 0.5) is 4.39 Å². The molecule has 1 atom stereocenters. The minimum atomic E-state index is -0.391. The van der Waals surface area contributed by atoms with E-state index >= 15 is 0 Å². The molecular weight excluding hydrogens is 489 g/mol. The summed E-state index contributed by atoms with van der Waals surface area (Å²) in [6.45, 7) is 0.844. The van der Waals surface area contributed by atoms with Crippen molar-refractivity contribution in [2.45, 2.75) is 38.5 Å². The Bertz CT molecular complexity index is 1460. The molecular formula is C29H26FN3O5. The zero-order valence-corrected chi connectivity index (χ0v) is 20.6. The summed E-state index contributed by atoms with van der Waals surface area (Å²) >= 11 is 0. The lowest BCUT2D eigenvalue weighted by molar-refractivity contribution is -0.134. The van der Waals surface area contributed by atoms with Gasteiger partial charge >= 0.3 is 0 Å². The zero-order valence-electron chi connectivity index (χ0n) is 20.6. The number of furan rings is 1. The average molecular weight is 516 g/mol. The number of oxazole rings is 1. The van der Waals surface area contributed by atoms with Gasteiger partial charge in [0.2, 0.25) is 11.8 Å². The Morgan fingerprint density at radius 2 is 2.00 bits per heavy atom. The SMILES string of the molecule is O=C(NCc1ccco1)c1coc(COc2ccc3c(c2)C(c2cccc(F)c2)N(C(=O)C2CC2)CC3)n1. The van der Waals surface area contributed by atoms with Gasteiger partial charge in [0.15, 0.2) is 12.3 Å². The summed E-state index contributed by atoms with van der Waals surface area (Å²) in [6.07, 6.45) is 5.34. The van der Waals surface area contributed by atoms with Crippen molar-refractivity contribution in [2.75, 3.05) is 6.54 Å². The third-order valence-electron chi connectivity index (χ3n) is 6.87. The van der Waals surface area contributed by atoms with Crippen LogP contribution in [0.15, 0.2) is 76.0 Å². The summed E-state index contributed by atoms with van der Waals surface area (Å²) in [6, 6.07) is 15.3. The molecule has 4 aromatic rings. The van der Waals surface area contributed by atoms with E-state index in [1.54, 1.807) is 18.2 Å². The van der Waals surface area contributed by atoms with E-state index in [-0.39, 0.29) is 48.3 Å². The van der Waals surface area contributed by atoms with Crippen LogP contribution in [0.1, 0.15) is 57.7 Å². The number of hydrogen-bond donors (Lipinski definition) is 1. The maximum absolute atomic E-state index is 14.2. The van der Waals surface area contributed by atoms with Crippen LogP contribution in [0.25, 0.3) is 0 Å². The van der Waals surface area contributed by atoms with Crippen molar-refractivity contribution in [1.29, 1.82) is 0 Å². The van der Waals surface area contributed by atoms with Crippen molar-refractivity contribution in [2.24, 2.45) is 5.92 Å². The minimum absolute atomic E-state index is 0.0135. The molecule has 2 amide bonds. The number of hydrogen-bond acceptors (Lipinski definition) is 6. The quantitative estimate of drug-likeness (QED) is 0.362. The predicted octanol–water partition coefficient (Wildman–Crippen LogP) is 4.80. The highest BCUT2D eigenvalue weighted by molar-refractivity contribution is 5.91. The van der Waals surface area contributed by atoms with Crippen LogP contribution in [0, 0.1) is 11.7 Å². The van der Waals surface area contributed by atoms with Gasteiger partial charge in [-0.15, -0.1) is 0 Å². The van der Waals surface area contributed by atoms with E-state index in [1.165, 1.54) is 24.7 Å². The number of rotatable bonds is 8. The number of halogens is 1. The molecule has 3 heterocycles. The summed E-state index contributed by atoms with van der Waals surface area (Å²) in [5.41, 5.74) is 2.88. The van der Waals surface area contributed by atoms with Gasteiger partial charge in [-0.1, -0.05) is 18.2 Å². The number of aromatic nitrogens is 1. The second-order valence-electron chi connectivity index (χ2n) is 9.55. The van der Waals surface area contributed by atoms with Gasteiger partial charge in [0.25, 0.3) is 5.91 Å². The molecule has 1 N–H and O–H groups in total.